The quantitative estimate of drug-likeness (QED) is 0.690. The smallest absolute Gasteiger partial charge is 0.243 e. The van der Waals surface area contributed by atoms with Gasteiger partial charge in [-0.3, -0.25) is 4.79 Å². The molecule has 1 amide bonds. The highest BCUT2D eigenvalue weighted by Gasteiger charge is 2.21. The van der Waals surface area contributed by atoms with Crippen LogP contribution in [0.25, 0.3) is 11.0 Å². The minimum absolute atomic E-state index is 0.0256. The van der Waals surface area contributed by atoms with E-state index in [1.807, 2.05) is 71.8 Å². The summed E-state index contributed by atoms with van der Waals surface area (Å²) in [5, 5.41) is 0. The summed E-state index contributed by atoms with van der Waals surface area (Å²) >= 11 is 0. The zero-order valence-corrected chi connectivity index (χ0v) is 14.8. The van der Waals surface area contributed by atoms with Crippen molar-refractivity contribution in [2.75, 3.05) is 13.7 Å². The molecule has 1 unspecified atom stereocenters. The summed E-state index contributed by atoms with van der Waals surface area (Å²) in [5.41, 5.74) is 2.94. The molecule has 1 atom stereocenters. The van der Waals surface area contributed by atoms with Gasteiger partial charge >= 0.3 is 0 Å². The van der Waals surface area contributed by atoms with Gasteiger partial charge in [0.1, 0.15) is 12.3 Å². The van der Waals surface area contributed by atoms with Gasteiger partial charge in [-0.05, 0) is 43.7 Å². The Labute approximate surface area is 147 Å². The second kappa shape index (κ2) is 7.38. The number of imidazole rings is 1. The molecule has 25 heavy (non-hydrogen) atoms. The summed E-state index contributed by atoms with van der Waals surface area (Å²) < 4.78 is 7.20. The fourth-order valence-electron chi connectivity index (χ4n) is 3.12. The van der Waals surface area contributed by atoms with E-state index in [0.717, 1.165) is 22.3 Å². The van der Waals surface area contributed by atoms with E-state index in [-0.39, 0.29) is 18.5 Å². The minimum atomic E-state index is -0.0256. The van der Waals surface area contributed by atoms with E-state index in [4.69, 9.17) is 4.74 Å². The molecule has 0 aliphatic carbocycles. The normalized spacial score (nSPS) is 12.1. The molecule has 0 aliphatic heterocycles. The van der Waals surface area contributed by atoms with Gasteiger partial charge in [0.15, 0.2) is 0 Å². The number of hydrogen-bond donors (Lipinski definition) is 0. The Morgan fingerprint density at radius 3 is 2.80 bits per heavy atom. The second-order valence-corrected chi connectivity index (χ2v) is 5.99. The van der Waals surface area contributed by atoms with Gasteiger partial charge in [-0.1, -0.05) is 24.3 Å². The maximum Gasteiger partial charge on any atom is 0.243 e. The summed E-state index contributed by atoms with van der Waals surface area (Å²) in [6.07, 6.45) is 1.73. The van der Waals surface area contributed by atoms with Crippen LogP contribution < -0.4 is 4.74 Å². The number of carbonyl (C=O) groups excluding carboxylic acids is 1. The number of nitrogens with zero attached hydrogens (tertiary/aromatic N) is 3. The lowest BCUT2D eigenvalue weighted by molar-refractivity contribution is -0.133. The lowest BCUT2D eigenvalue weighted by Gasteiger charge is -2.29. The number of benzene rings is 2. The first-order valence-electron chi connectivity index (χ1n) is 8.47. The molecule has 0 spiro atoms. The molecule has 3 rings (SSSR count). The average Bonchev–Trinajstić information content (AvgIpc) is 3.05. The predicted octanol–water partition coefficient (Wildman–Crippen LogP) is 3.65. The number of amides is 1. The van der Waals surface area contributed by atoms with Crippen LogP contribution in [0.3, 0.4) is 0 Å². The SMILES string of the molecule is CCN(C(=O)Cn1cnc2ccccc21)C(C)c1cccc(OC)c1. The standard InChI is InChI=1S/C20H23N3O2/c1-4-23(15(2)16-8-7-9-17(12-16)25-3)20(24)13-22-14-21-18-10-5-6-11-19(18)22/h5-12,14-15H,4,13H2,1-3H3. The number of aromatic nitrogens is 2. The molecule has 3 aromatic rings. The lowest BCUT2D eigenvalue weighted by Crippen LogP contribution is -2.35. The zero-order valence-electron chi connectivity index (χ0n) is 14.8. The van der Waals surface area contributed by atoms with Crippen molar-refractivity contribution in [1.29, 1.82) is 0 Å². The molecule has 0 fully saturated rings. The maximum atomic E-state index is 12.9. The molecule has 1 aromatic heterocycles. The van der Waals surface area contributed by atoms with Gasteiger partial charge in [0.2, 0.25) is 5.91 Å². The van der Waals surface area contributed by atoms with E-state index in [2.05, 4.69) is 4.98 Å². The van der Waals surface area contributed by atoms with E-state index < -0.39 is 0 Å². The van der Waals surface area contributed by atoms with Crippen molar-refractivity contribution >= 4 is 16.9 Å². The molecule has 0 aliphatic rings. The molecule has 0 saturated heterocycles. The molecular weight excluding hydrogens is 314 g/mol. The van der Waals surface area contributed by atoms with Crippen molar-refractivity contribution in [3.63, 3.8) is 0 Å². The van der Waals surface area contributed by atoms with Crippen LogP contribution in [0.15, 0.2) is 54.9 Å². The lowest BCUT2D eigenvalue weighted by atomic mass is 10.1. The Balaban J connectivity index is 1.80. The van der Waals surface area contributed by atoms with E-state index >= 15 is 0 Å². The Morgan fingerprint density at radius 2 is 2.04 bits per heavy atom. The van der Waals surface area contributed by atoms with Crippen LogP contribution in [-0.2, 0) is 11.3 Å². The first kappa shape index (κ1) is 17.0. The summed E-state index contributed by atoms with van der Waals surface area (Å²) in [5.74, 6) is 0.870. The number of hydrogen-bond acceptors (Lipinski definition) is 3. The molecular formula is C20H23N3O2. The molecule has 0 bridgehead atoms. The predicted molar refractivity (Wildman–Crippen MR) is 98.5 cm³/mol. The van der Waals surface area contributed by atoms with Crippen molar-refractivity contribution in [3.8, 4) is 5.75 Å². The molecule has 5 nitrogen and oxygen atoms in total. The summed E-state index contributed by atoms with van der Waals surface area (Å²) in [7, 11) is 1.65. The third-order valence-electron chi connectivity index (χ3n) is 4.54. The van der Waals surface area contributed by atoms with Gasteiger partial charge in [0.05, 0.1) is 30.5 Å². The fourth-order valence-corrected chi connectivity index (χ4v) is 3.12. The highest BCUT2D eigenvalue weighted by atomic mass is 16.5. The summed E-state index contributed by atoms with van der Waals surface area (Å²) in [4.78, 5) is 19.1. The van der Waals surface area contributed by atoms with E-state index in [0.29, 0.717) is 6.54 Å². The highest BCUT2D eigenvalue weighted by Crippen LogP contribution is 2.24. The van der Waals surface area contributed by atoms with Crippen LogP contribution in [0.4, 0.5) is 0 Å². The maximum absolute atomic E-state index is 12.9. The van der Waals surface area contributed by atoms with Gasteiger partial charge in [-0.2, -0.15) is 0 Å². The Kier molecular flexibility index (Phi) is 5.03. The minimum Gasteiger partial charge on any atom is -0.497 e. The third kappa shape index (κ3) is 3.50. The van der Waals surface area contributed by atoms with Crippen LogP contribution in [0.2, 0.25) is 0 Å². The van der Waals surface area contributed by atoms with Gasteiger partial charge in [-0.15, -0.1) is 0 Å². The zero-order chi connectivity index (χ0) is 17.8. The number of likely N-dealkylation sites (N-methyl/N-ethyl adjacent to an activating group) is 1. The Morgan fingerprint density at radius 1 is 1.24 bits per heavy atom. The van der Waals surface area contributed by atoms with Crippen LogP contribution in [0.1, 0.15) is 25.5 Å². The van der Waals surface area contributed by atoms with Crippen molar-refractivity contribution in [1.82, 2.24) is 14.5 Å². The first-order chi connectivity index (χ1) is 12.1. The molecule has 130 valence electrons. The van der Waals surface area contributed by atoms with Crippen molar-refractivity contribution in [2.24, 2.45) is 0 Å². The Bertz CT molecular complexity index is 872. The monoisotopic (exact) mass is 337 g/mol. The molecule has 0 radical (unpaired) electrons. The summed E-state index contributed by atoms with van der Waals surface area (Å²) in [6, 6.07) is 15.7. The molecule has 5 heteroatoms. The van der Waals surface area contributed by atoms with Crippen molar-refractivity contribution < 1.29 is 9.53 Å². The molecule has 1 heterocycles. The Hall–Kier alpha value is -2.82. The van der Waals surface area contributed by atoms with Crippen LogP contribution in [0, 0.1) is 0 Å². The second-order valence-electron chi connectivity index (χ2n) is 5.99. The third-order valence-corrected chi connectivity index (χ3v) is 4.54. The van der Waals surface area contributed by atoms with Gasteiger partial charge in [0, 0.05) is 6.54 Å². The van der Waals surface area contributed by atoms with Gasteiger partial charge in [0.25, 0.3) is 0 Å². The van der Waals surface area contributed by atoms with E-state index in [1.165, 1.54) is 0 Å². The van der Waals surface area contributed by atoms with Crippen LogP contribution in [0.5, 0.6) is 5.75 Å². The number of methoxy groups -OCH3 is 1. The molecule has 2 aromatic carbocycles. The number of fused-ring (bicyclic) bond motifs is 1. The van der Waals surface area contributed by atoms with Crippen LogP contribution in [-0.4, -0.2) is 34.0 Å². The number of rotatable bonds is 6. The highest BCUT2D eigenvalue weighted by molar-refractivity contribution is 5.80. The van der Waals surface area contributed by atoms with Crippen molar-refractivity contribution in [2.45, 2.75) is 26.4 Å². The van der Waals surface area contributed by atoms with Crippen molar-refractivity contribution in [3.05, 3.63) is 60.4 Å². The number of para-hydroxylation sites is 2. The van der Waals surface area contributed by atoms with Gasteiger partial charge < -0.3 is 14.2 Å². The topological polar surface area (TPSA) is 47.4 Å². The van der Waals surface area contributed by atoms with Crippen LogP contribution >= 0.6 is 0 Å². The first-order valence-corrected chi connectivity index (χ1v) is 8.47. The van der Waals surface area contributed by atoms with E-state index in [9.17, 15) is 4.79 Å². The molecule has 0 N–H and O–H groups in total. The average molecular weight is 337 g/mol. The summed E-state index contributed by atoms with van der Waals surface area (Å²) in [6.45, 7) is 4.97. The fraction of sp³-hybridized carbons (Fsp3) is 0.300. The largest absolute Gasteiger partial charge is 0.497 e. The van der Waals surface area contributed by atoms with Gasteiger partial charge in [-0.25, -0.2) is 4.98 Å². The molecule has 0 saturated carbocycles. The van der Waals surface area contributed by atoms with E-state index in [1.54, 1.807) is 13.4 Å². The number of carbonyl (C=O) groups is 1. The number of ether oxygens (including phenoxy) is 1.